The summed E-state index contributed by atoms with van der Waals surface area (Å²) in [6.07, 6.45) is 1.90. The number of nitrogens with zero attached hydrogens (tertiary/aromatic N) is 2. The largest absolute Gasteiger partial charge is 0.363 e. The first kappa shape index (κ1) is 15.7. The van der Waals surface area contributed by atoms with Gasteiger partial charge in [-0.05, 0) is 30.9 Å². The normalized spacial score (nSPS) is 12.2. The summed E-state index contributed by atoms with van der Waals surface area (Å²) in [7, 11) is 0. The third-order valence-electron chi connectivity index (χ3n) is 2.65. The first-order chi connectivity index (χ1) is 9.49. The summed E-state index contributed by atoms with van der Waals surface area (Å²) in [5.41, 5.74) is 0.941. The van der Waals surface area contributed by atoms with E-state index in [2.05, 4.69) is 15.3 Å². The van der Waals surface area contributed by atoms with Gasteiger partial charge in [0, 0.05) is 16.1 Å². The average molecular weight is 349 g/mol. The van der Waals surface area contributed by atoms with Gasteiger partial charge in [-0.2, -0.15) is 0 Å². The van der Waals surface area contributed by atoms with Gasteiger partial charge < -0.3 is 5.32 Å². The Kier molecular flexibility index (Phi) is 5.38. The van der Waals surface area contributed by atoms with Crippen LogP contribution in [0.1, 0.15) is 18.5 Å². The lowest BCUT2D eigenvalue weighted by molar-refractivity contribution is 0.856. The third kappa shape index (κ3) is 3.92. The fourth-order valence-electron chi connectivity index (χ4n) is 1.71. The molecular weight excluding hydrogens is 337 g/mol. The van der Waals surface area contributed by atoms with Crippen LogP contribution in [0.15, 0.2) is 29.4 Å². The van der Waals surface area contributed by atoms with Crippen LogP contribution in [-0.4, -0.2) is 16.2 Å². The SMILES string of the molecule is CSc1nc(Cl)cc(NC(C)c2ccc(Cl)cc2Cl)n1. The van der Waals surface area contributed by atoms with Crippen molar-refractivity contribution in [2.45, 2.75) is 18.1 Å². The lowest BCUT2D eigenvalue weighted by atomic mass is 10.1. The summed E-state index contributed by atoms with van der Waals surface area (Å²) in [6, 6.07) is 7.07. The van der Waals surface area contributed by atoms with Gasteiger partial charge in [-0.3, -0.25) is 0 Å². The maximum atomic E-state index is 6.19. The second-order valence-corrected chi connectivity index (χ2v) is 6.10. The van der Waals surface area contributed by atoms with Crippen molar-refractivity contribution in [3.8, 4) is 0 Å². The number of hydrogen-bond acceptors (Lipinski definition) is 4. The molecule has 2 aromatic rings. The lowest BCUT2D eigenvalue weighted by Crippen LogP contribution is -2.09. The molecule has 0 aliphatic carbocycles. The number of aromatic nitrogens is 2. The number of benzene rings is 1. The van der Waals surface area contributed by atoms with Crippen LogP contribution in [0.5, 0.6) is 0 Å². The maximum absolute atomic E-state index is 6.19. The van der Waals surface area contributed by atoms with Crippen LogP contribution in [0.25, 0.3) is 0 Å². The maximum Gasteiger partial charge on any atom is 0.190 e. The zero-order valence-corrected chi connectivity index (χ0v) is 13.9. The van der Waals surface area contributed by atoms with Gasteiger partial charge in [-0.1, -0.05) is 52.6 Å². The van der Waals surface area contributed by atoms with Gasteiger partial charge in [0.15, 0.2) is 5.16 Å². The summed E-state index contributed by atoms with van der Waals surface area (Å²) in [5, 5.41) is 5.51. The molecule has 0 saturated carbocycles. The fraction of sp³-hybridized carbons (Fsp3) is 0.231. The minimum absolute atomic E-state index is 0.0274. The van der Waals surface area contributed by atoms with Crippen molar-refractivity contribution in [1.82, 2.24) is 9.97 Å². The number of thioether (sulfide) groups is 1. The molecule has 106 valence electrons. The molecule has 0 saturated heterocycles. The Labute approximate surface area is 137 Å². The van der Waals surface area contributed by atoms with Crippen molar-refractivity contribution in [2.24, 2.45) is 0 Å². The molecule has 0 amide bonds. The standard InChI is InChI=1S/C13H12Cl3N3S/c1-7(9-4-3-8(14)5-10(9)15)17-12-6-11(16)18-13(19-12)20-2/h3-7H,1-2H3,(H,17,18,19). The molecule has 0 radical (unpaired) electrons. The van der Waals surface area contributed by atoms with Crippen molar-refractivity contribution in [2.75, 3.05) is 11.6 Å². The smallest absolute Gasteiger partial charge is 0.190 e. The van der Waals surface area contributed by atoms with Crippen LogP contribution in [0.4, 0.5) is 5.82 Å². The molecule has 1 unspecified atom stereocenters. The van der Waals surface area contributed by atoms with Gasteiger partial charge in [-0.15, -0.1) is 0 Å². The molecule has 1 atom stereocenters. The molecular formula is C13H12Cl3N3S. The molecule has 1 aromatic carbocycles. The highest BCUT2D eigenvalue weighted by molar-refractivity contribution is 7.98. The van der Waals surface area contributed by atoms with E-state index in [0.29, 0.717) is 26.2 Å². The van der Waals surface area contributed by atoms with Gasteiger partial charge in [0.05, 0.1) is 6.04 Å². The Bertz CT molecular complexity index is 622. The number of halogens is 3. The first-order valence-corrected chi connectivity index (χ1v) is 8.15. The van der Waals surface area contributed by atoms with Crippen LogP contribution < -0.4 is 5.32 Å². The molecule has 0 spiro atoms. The molecule has 0 aliphatic heterocycles. The van der Waals surface area contributed by atoms with E-state index in [1.54, 1.807) is 18.2 Å². The van der Waals surface area contributed by atoms with Crippen LogP contribution in [0, 0.1) is 0 Å². The predicted octanol–water partition coefficient (Wildman–Crippen LogP) is 5.33. The monoisotopic (exact) mass is 347 g/mol. The van der Waals surface area contributed by atoms with Crippen molar-refractivity contribution < 1.29 is 0 Å². The van der Waals surface area contributed by atoms with Crippen molar-refractivity contribution >= 4 is 52.4 Å². The zero-order valence-electron chi connectivity index (χ0n) is 10.8. The lowest BCUT2D eigenvalue weighted by Gasteiger charge is -2.17. The van der Waals surface area contributed by atoms with Crippen molar-refractivity contribution in [3.05, 3.63) is 45.0 Å². The summed E-state index contributed by atoms with van der Waals surface area (Å²) in [5.74, 6) is 0.660. The van der Waals surface area contributed by atoms with E-state index in [1.807, 2.05) is 19.2 Å². The number of rotatable bonds is 4. The number of nitrogens with one attached hydrogen (secondary N) is 1. The summed E-state index contributed by atoms with van der Waals surface area (Å²) < 4.78 is 0. The molecule has 1 aromatic heterocycles. The fourth-order valence-corrected chi connectivity index (χ4v) is 2.90. The van der Waals surface area contributed by atoms with E-state index in [4.69, 9.17) is 34.8 Å². The average Bonchev–Trinajstić information content (AvgIpc) is 2.37. The number of anilines is 1. The Morgan fingerprint density at radius 1 is 1.15 bits per heavy atom. The van der Waals surface area contributed by atoms with Crippen LogP contribution >= 0.6 is 46.6 Å². The van der Waals surface area contributed by atoms with Gasteiger partial charge in [0.1, 0.15) is 11.0 Å². The Hall–Kier alpha value is -0.680. The van der Waals surface area contributed by atoms with Crippen molar-refractivity contribution in [1.29, 1.82) is 0 Å². The molecule has 2 rings (SSSR count). The quantitative estimate of drug-likeness (QED) is 0.460. The summed E-state index contributed by atoms with van der Waals surface area (Å²) in [6.45, 7) is 1.99. The molecule has 3 nitrogen and oxygen atoms in total. The van der Waals surface area contributed by atoms with Crippen LogP contribution in [-0.2, 0) is 0 Å². The second kappa shape index (κ2) is 6.85. The Morgan fingerprint density at radius 3 is 2.55 bits per heavy atom. The summed E-state index contributed by atoms with van der Waals surface area (Å²) in [4.78, 5) is 8.45. The molecule has 0 fully saturated rings. The molecule has 0 bridgehead atoms. The second-order valence-electron chi connectivity index (χ2n) is 4.09. The summed E-state index contributed by atoms with van der Waals surface area (Å²) >= 11 is 19.5. The van der Waals surface area contributed by atoms with E-state index in [1.165, 1.54) is 11.8 Å². The first-order valence-electron chi connectivity index (χ1n) is 5.79. The van der Waals surface area contributed by atoms with Gasteiger partial charge >= 0.3 is 0 Å². The highest BCUT2D eigenvalue weighted by atomic mass is 35.5. The minimum atomic E-state index is -0.0274. The Balaban J connectivity index is 2.22. The van der Waals surface area contributed by atoms with E-state index < -0.39 is 0 Å². The van der Waals surface area contributed by atoms with Crippen molar-refractivity contribution in [3.63, 3.8) is 0 Å². The molecule has 0 aliphatic rings. The molecule has 20 heavy (non-hydrogen) atoms. The molecule has 1 N–H and O–H groups in total. The van der Waals surface area contributed by atoms with E-state index in [-0.39, 0.29) is 6.04 Å². The highest BCUT2D eigenvalue weighted by Gasteiger charge is 2.12. The van der Waals surface area contributed by atoms with E-state index >= 15 is 0 Å². The highest BCUT2D eigenvalue weighted by Crippen LogP contribution is 2.28. The zero-order chi connectivity index (χ0) is 14.7. The van der Waals surface area contributed by atoms with Crippen LogP contribution in [0.3, 0.4) is 0 Å². The van der Waals surface area contributed by atoms with E-state index in [9.17, 15) is 0 Å². The number of hydrogen-bond donors (Lipinski definition) is 1. The Morgan fingerprint density at radius 2 is 1.90 bits per heavy atom. The van der Waals surface area contributed by atoms with E-state index in [0.717, 1.165) is 5.56 Å². The predicted molar refractivity (Wildman–Crippen MR) is 87.3 cm³/mol. The van der Waals surface area contributed by atoms with Gasteiger partial charge in [-0.25, -0.2) is 9.97 Å². The van der Waals surface area contributed by atoms with Gasteiger partial charge in [0.25, 0.3) is 0 Å². The van der Waals surface area contributed by atoms with Crippen LogP contribution in [0.2, 0.25) is 15.2 Å². The van der Waals surface area contributed by atoms with Gasteiger partial charge in [0.2, 0.25) is 0 Å². The third-order valence-corrected chi connectivity index (χ3v) is 3.95. The topological polar surface area (TPSA) is 37.8 Å². The molecule has 1 heterocycles. The minimum Gasteiger partial charge on any atom is -0.363 e. The molecule has 7 heteroatoms.